The van der Waals surface area contributed by atoms with Crippen molar-refractivity contribution in [2.45, 2.75) is 58.9 Å². The highest BCUT2D eigenvalue weighted by molar-refractivity contribution is 6.04. The minimum Gasteiger partial charge on any atom is -0.381 e. The summed E-state index contributed by atoms with van der Waals surface area (Å²) in [5.41, 5.74) is 5.29. The largest absolute Gasteiger partial charge is 0.381 e. The maximum atomic E-state index is 13.1. The van der Waals surface area contributed by atoms with Gasteiger partial charge in [-0.2, -0.15) is 0 Å². The van der Waals surface area contributed by atoms with Crippen molar-refractivity contribution in [2.24, 2.45) is 0 Å². The van der Waals surface area contributed by atoms with Gasteiger partial charge in [0.2, 0.25) is 5.82 Å². The summed E-state index contributed by atoms with van der Waals surface area (Å²) in [6.07, 6.45) is 12.7. The van der Waals surface area contributed by atoms with E-state index >= 15 is 0 Å². The highest BCUT2D eigenvalue weighted by Gasteiger charge is 2.30. The first-order chi connectivity index (χ1) is 19.8. The van der Waals surface area contributed by atoms with E-state index in [2.05, 4.69) is 65.3 Å². The number of anilines is 2. The lowest BCUT2D eigenvalue weighted by molar-refractivity contribution is -0.119. The van der Waals surface area contributed by atoms with Gasteiger partial charge in [-0.05, 0) is 49.9 Å². The minimum atomic E-state index is -0.727. The third-order valence-electron chi connectivity index (χ3n) is 6.55. The molecule has 3 aromatic rings. The molecule has 8 nitrogen and oxygen atoms in total. The first-order valence-electron chi connectivity index (χ1n) is 14.1. The van der Waals surface area contributed by atoms with Gasteiger partial charge in [0.15, 0.2) is 0 Å². The van der Waals surface area contributed by atoms with Crippen LogP contribution in [0, 0.1) is 0 Å². The molecule has 2 heterocycles. The van der Waals surface area contributed by atoms with Crippen LogP contribution >= 0.6 is 0 Å². The Morgan fingerprint density at radius 2 is 1.90 bits per heavy atom. The number of nitrogens with zero attached hydrogens (tertiary/aromatic N) is 3. The van der Waals surface area contributed by atoms with Crippen molar-refractivity contribution in [1.29, 1.82) is 0 Å². The number of unbranched alkanes of at least 4 members (excludes halogenated alkanes) is 2. The zero-order valence-electron chi connectivity index (χ0n) is 24.6. The van der Waals surface area contributed by atoms with E-state index in [9.17, 15) is 9.59 Å². The highest BCUT2D eigenvalue weighted by atomic mass is 16.2. The molecule has 0 aliphatic carbocycles. The number of nitrogens with one attached hydrogen (secondary N) is 3. The van der Waals surface area contributed by atoms with Gasteiger partial charge in [-0.3, -0.25) is 14.7 Å². The SMILES string of the molecule is C=C/C=C\C=C(C)C.CCCCCc1ccc2c(c1)N(C)C(=O)[C@@H](NC(=O)c1n[nH]c(Cc3ccccc3)n1)CN2. The fourth-order valence-corrected chi connectivity index (χ4v) is 4.32. The van der Waals surface area contributed by atoms with Gasteiger partial charge < -0.3 is 15.5 Å². The van der Waals surface area contributed by atoms with Crippen molar-refractivity contribution in [3.63, 3.8) is 0 Å². The lowest BCUT2D eigenvalue weighted by Gasteiger charge is -2.21. The number of allylic oxidation sites excluding steroid dienone is 5. The van der Waals surface area contributed by atoms with Crippen LogP contribution in [0.4, 0.5) is 11.4 Å². The van der Waals surface area contributed by atoms with Crippen LogP contribution in [0.1, 0.15) is 67.6 Å². The summed E-state index contributed by atoms with van der Waals surface area (Å²) >= 11 is 0. The number of aromatic amines is 1. The monoisotopic (exact) mass is 554 g/mol. The Kier molecular flexibility index (Phi) is 12.1. The summed E-state index contributed by atoms with van der Waals surface area (Å²) in [7, 11) is 1.74. The smallest absolute Gasteiger partial charge is 0.291 e. The topological polar surface area (TPSA) is 103 Å². The van der Waals surface area contributed by atoms with E-state index in [1.54, 1.807) is 18.0 Å². The summed E-state index contributed by atoms with van der Waals surface area (Å²) in [6, 6.07) is 15.3. The van der Waals surface area contributed by atoms with Gasteiger partial charge in [-0.1, -0.05) is 92.6 Å². The molecule has 1 aliphatic rings. The molecule has 0 unspecified atom stereocenters. The van der Waals surface area contributed by atoms with Crippen molar-refractivity contribution in [3.8, 4) is 0 Å². The molecule has 0 saturated heterocycles. The van der Waals surface area contributed by atoms with Crippen LogP contribution in [0.2, 0.25) is 0 Å². The second kappa shape index (κ2) is 16.0. The standard InChI is InChI=1S/C25H30N6O2.C8H12/c1-3-4-6-9-18-12-13-19-21(14-18)31(2)25(33)20(16-26-19)27-24(32)23-28-22(29-30-23)15-17-10-7-5-8-11-17;1-4-5-6-7-8(2)3/h5,7-8,10-14,20,26H,3-4,6,9,15-16H2,1-2H3,(H,27,32)(H,28,29,30);4-7H,1H2,2-3H3/b;6-5-/t20-;/m0./s1. The first kappa shape index (κ1) is 31.1. The van der Waals surface area contributed by atoms with E-state index in [1.165, 1.54) is 24.0 Å². The Hall–Kier alpha value is -4.46. The van der Waals surface area contributed by atoms with E-state index in [4.69, 9.17) is 0 Å². The number of hydrogen-bond donors (Lipinski definition) is 3. The number of amides is 2. The van der Waals surface area contributed by atoms with Crippen LogP contribution in [0.15, 0.2) is 85.0 Å². The molecule has 0 radical (unpaired) electrons. The molecule has 0 bridgehead atoms. The third kappa shape index (κ3) is 9.60. The van der Waals surface area contributed by atoms with Crippen molar-refractivity contribution in [1.82, 2.24) is 20.5 Å². The maximum Gasteiger partial charge on any atom is 0.291 e. The molecule has 216 valence electrons. The average molecular weight is 555 g/mol. The van der Waals surface area contributed by atoms with Gasteiger partial charge in [-0.15, -0.1) is 5.10 Å². The molecule has 1 aromatic heterocycles. The molecule has 3 N–H and O–H groups in total. The van der Waals surface area contributed by atoms with Crippen LogP contribution in [0.3, 0.4) is 0 Å². The van der Waals surface area contributed by atoms with Crippen LogP contribution in [0.25, 0.3) is 0 Å². The number of fused-ring (bicyclic) bond motifs is 1. The Morgan fingerprint density at radius 1 is 1.12 bits per heavy atom. The van der Waals surface area contributed by atoms with E-state index in [1.807, 2.05) is 54.6 Å². The van der Waals surface area contributed by atoms with E-state index in [-0.39, 0.29) is 11.7 Å². The van der Waals surface area contributed by atoms with E-state index in [0.29, 0.717) is 18.8 Å². The molecular weight excluding hydrogens is 512 g/mol. The molecule has 41 heavy (non-hydrogen) atoms. The first-order valence-corrected chi connectivity index (χ1v) is 14.1. The van der Waals surface area contributed by atoms with Crippen LogP contribution in [0.5, 0.6) is 0 Å². The summed E-state index contributed by atoms with van der Waals surface area (Å²) in [4.78, 5) is 31.8. The highest BCUT2D eigenvalue weighted by Crippen LogP contribution is 2.30. The Balaban J connectivity index is 0.000000507. The van der Waals surface area contributed by atoms with Crippen LogP contribution < -0.4 is 15.5 Å². The number of hydrogen-bond acceptors (Lipinski definition) is 5. The number of aryl methyl sites for hydroxylation is 1. The number of carbonyl (C=O) groups is 2. The maximum absolute atomic E-state index is 13.1. The molecule has 0 saturated carbocycles. The van der Waals surface area contributed by atoms with Crippen molar-refractivity contribution < 1.29 is 9.59 Å². The Morgan fingerprint density at radius 3 is 2.61 bits per heavy atom. The van der Waals surface area contributed by atoms with Crippen molar-refractivity contribution in [2.75, 3.05) is 23.8 Å². The number of benzene rings is 2. The van der Waals surface area contributed by atoms with Crippen molar-refractivity contribution >= 4 is 23.2 Å². The predicted molar refractivity (Wildman–Crippen MR) is 167 cm³/mol. The van der Waals surface area contributed by atoms with E-state index in [0.717, 1.165) is 29.8 Å². The van der Waals surface area contributed by atoms with Gasteiger partial charge in [0.1, 0.15) is 11.9 Å². The third-order valence-corrected chi connectivity index (χ3v) is 6.55. The van der Waals surface area contributed by atoms with Gasteiger partial charge >= 0.3 is 0 Å². The lowest BCUT2D eigenvalue weighted by Crippen LogP contribution is -2.49. The predicted octanol–water partition coefficient (Wildman–Crippen LogP) is 6.01. The number of aromatic nitrogens is 3. The minimum absolute atomic E-state index is 0.0244. The molecule has 0 spiro atoms. The molecule has 2 amide bonds. The molecule has 1 atom stereocenters. The quantitative estimate of drug-likeness (QED) is 0.210. The van der Waals surface area contributed by atoms with Crippen LogP contribution in [-0.4, -0.2) is 46.6 Å². The van der Waals surface area contributed by atoms with Gasteiger partial charge in [-0.25, -0.2) is 4.98 Å². The molecule has 8 heteroatoms. The summed E-state index contributed by atoms with van der Waals surface area (Å²) in [5, 5.41) is 12.9. The Labute approximate surface area is 243 Å². The summed E-state index contributed by atoms with van der Waals surface area (Å²) in [5.74, 6) is -0.0428. The fraction of sp³-hybridized carbons (Fsp3) is 0.333. The zero-order chi connectivity index (χ0) is 29.6. The molecule has 4 rings (SSSR count). The van der Waals surface area contributed by atoms with E-state index < -0.39 is 11.9 Å². The van der Waals surface area contributed by atoms with Crippen LogP contribution in [-0.2, 0) is 17.6 Å². The fourth-order valence-electron chi connectivity index (χ4n) is 4.32. The van der Waals surface area contributed by atoms with Crippen molar-refractivity contribution in [3.05, 3.63) is 108 Å². The average Bonchev–Trinajstić information content (AvgIpc) is 3.40. The second-order valence-electron chi connectivity index (χ2n) is 10.2. The Bertz CT molecular complexity index is 1360. The normalized spacial score (nSPS) is 14.3. The summed E-state index contributed by atoms with van der Waals surface area (Å²) in [6.45, 7) is 10.1. The van der Waals surface area contributed by atoms with Gasteiger partial charge in [0.25, 0.3) is 11.8 Å². The van der Waals surface area contributed by atoms with Gasteiger partial charge in [0.05, 0.1) is 11.4 Å². The molecule has 0 fully saturated rings. The summed E-state index contributed by atoms with van der Waals surface area (Å²) < 4.78 is 0. The number of likely N-dealkylation sites (N-methyl/N-ethyl adjacent to an activating group) is 1. The molecule has 2 aromatic carbocycles. The zero-order valence-corrected chi connectivity index (χ0v) is 24.6. The van der Waals surface area contributed by atoms with Gasteiger partial charge in [0, 0.05) is 20.0 Å². The number of carbonyl (C=O) groups excluding carboxylic acids is 2. The second-order valence-corrected chi connectivity index (χ2v) is 10.2. The lowest BCUT2D eigenvalue weighted by atomic mass is 10.1. The molecular formula is C33H42N6O2. The molecule has 1 aliphatic heterocycles. The number of H-pyrrole nitrogens is 1. The number of rotatable bonds is 10.